The van der Waals surface area contributed by atoms with Crippen molar-refractivity contribution in [3.63, 3.8) is 0 Å². The van der Waals surface area contributed by atoms with Crippen molar-refractivity contribution >= 4 is 14.1 Å². The van der Waals surface area contributed by atoms with E-state index in [0.29, 0.717) is 22.7 Å². The molecular formula is C22H36O2Si. The summed E-state index contributed by atoms with van der Waals surface area (Å²) in [6.07, 6.45) is 12.1. The molecule has 0 aromatic heterocycles. The number of ketones is 1. The standard InChI is InChI=1S/C22H36O2Si/c1-21-12-10-16(23)14-15(21)6-7-17-18-8-9-20(24-25(3,4)5)22(18,2)13-11-19(17)21/h14,17-20H,6-13H2,1-5H3/t17?,18-,19-,20-,21-,22-/m0/s1. The summed E-state index contributed by atoms with van der Waals surface area (Å²) in [5, 5.41) is 0. The van der Waals surface area contributed by atoms with Gasteiger partial charge in [-0.1, -0.05) is 19.4 Å². The van der Waals surface area contributed by atoms with E-state index in [9.17, 15) is 4.79 Å². The van der Waals surface area contributed by atoms with Crippen LogP contribution in [0.25, 0.3) is 0 Å². The maximum Gasteiger partial charge on any atom is 0.184 e. The fourth-order valence-electron chi connectivity index (χ4n) is 7.13. The molecule has 140 valence electrons. The van der Waals surface area contributed by atoms with Gasteiger partial charge in [-0.3, -0.25) is 4.79 Å². The van der Waals surface area contributed by atoms with Crippen molar-refractivity contribution in [3.05, 3.63) is 11.6 Å². The van der Waals surface area contributed by atoms with E-state index in [1.54, 1.807) is 0 Å². The lowest BCUT2D eigenvalue weighted by Crippen LogP contribution is -2.52. The fourth-order valence-corrected chi connectivity index (χ4v) is 8.37. The van der Waals surface area contributed by atoms with Crippen molar-refractivity contribution in [1.82, 2.24) is 0 Å². The first-order valence-corrected chi connectivity index (χ1v) is 14.0. The molecule has 0 amide bonds. The van der Waals surface area contributed by atoms with Gasteiger partial charge >= 0.3 is 0 Å². The molecule has 0 saturated heterocycles. The highest BCUT2D eigenvalue weighted by molar-refractivity contribution is 6.69. The van der Waals surface area contributed by atoms with Gasteiger partial charge in [0.05, 0.1) is 6.10 Å². The Kier molecular flexibility index (Phi) is 4.16. The van der Waals surface area contributed by atoms with Gasteiger partial charge in [0.25, 0.3) is 0 Å². The first-order valence-electron chi connectivity index (χ1n) is 10.6. The molecule has 0 heterocycles. The Morgan fingerprint density at radius 2 is 1.76 bits per heavy atom. The van der Waals surface area contributed by atoms with Gasteiger partial charge in [-0.2, -0.15) is 0 Å². The second-order valence-corrected chi connectivity index (χ2v) is 15.3. The summed E-state index contributed by atoms with van der Waals surface area (Å²) in [4.78, 5) is 11.9. The van der Waals surface area contributed by atoms with E-state index in [-0.39, 0.29) is 0 Å². The maximum atomic E-state index is 11.9. The third kappa shape index (κ3) is 2.81. The summed E-state index contributed by atoms with van der Waals surface area (Å²) < 4.78 is 6.68. The van der Waals surface area contributed by atoms with Crippen LogP contribution in [0.3, 0.4) is 0 Å². The first kappa shape index (κ1) is 18.0. The summed E-state index contributed by atoms with van der Waals surface area (Å²) in [6.45, 7) is 12.0. The van der Waals surface area contributed by atoms with Crippen LogP contribution in [0.15, 0.2) is 11.6 Å². The molecular weight excluding hydrogens is 324 g/mol. The Morgan fingerprint density at radius 1 is 1.00 bits per heavy atom. The van der Waals surface area contributed by atoms with E-state index < -0.39 is 8.32 Å². The minimum absolute atomic E-state index is 0.301. The third-order valence-corrected chi connectivity index (χ3v) is 9.36. The Bertz CT molecular complexity index is 604. The zero-order valence-electron chi connectivity index (χ0n) is 16.9. The van der Waals surface area contributed by atoms with Crippen LogP contribution in [-0.4, -0.2) is 20.2 Å². The summed E-state index contributed by atoms with van der Waals surface area (Å²) in [5.41, 5.74) is 2.18. The highest BCUT2D eigenvalue weighted by Crippen LogP contribution is 2.65. The minimum Gasteiger partial charge on any atom is -0.414 e. The Hall–Kier alpha value is -0.413. The maximum absolute atomic E-state index is 11.9. The van der Waals surface area contributed by atoms with Gasteiger partial charge in [0.2, 0.25) is 0 Å². The van der Waals surface area contributed by atoms with Crippen molar-refractivity contribution in [2.75, 3.05) is 0 Å². The van der Waals surface area contributed by atoms with Crippen molar-refractivity contribution in [3.8, 4) is 0 Å². The van der Waals surface area contributed by atoms with Crippen molar-refractivity contribution in [2.45, 2.75) is 91.0 Å². The first-order chi connectivity index (χ1) is 11.6. The topological polar surface area (TPSA) is 26.3 Å². The van der Waals surface area contributed by atoms with Crippen molar-refractivity contribution in [1.29, 1.82) is 0 Å². The Balaban J connectivity index is 1.60. The van der Waals surface area contributed by atoms with Gasteiger partial charge in [0.1, 0.15) is 0 Å². The van der Waals surface area contributed by atoms with E-state index in [2.05, 4.69) is 33.5 Å². The van der Waals surface area contributed by atoms with Crippen LogP contribution in [0.4, 0.5) is 0 Å². The molecule has 0 bridgehead atoms. The number of hydrogen-bond acceptors (Lipinski definition) is 2. The van der Waals surface area contributed by atoms with E-state index in [4.69, 9.17) is 4.43 Å². The van der Waals surface area contributed by atoms with Gasteiger partial charge in [-0.25, -0.2) is 0 Å². The smallest absolute Gasteiger partial charge is 0.184 e. The largest absolute Gasteiger partial charge is 0.414 e. The van der Waals surface area contributed by atoms with Crippen molar-refractivity contribution in [2.24, 2.45) is 28.6 Å². The molecule has 0 N–H and O–H groups in total. The minimum atomic E-state index is -1.49. The number of hydrogen-bond donors (Lipinski definition) is 0. The average Bonchev–Trinajstić information content (AvgIpc) is 2.83. The third-order valence-electron chi connectivity index (χ3n) is 8.37. The van der Waals surface area contributed by atoms with Gasteiger partial charge in [-0.15, -0.1) is 0 Å². The Morgan fingerprint density at radius 3 is 2.48 bits per heavy atom. The molecule has 0 aromatic rings. The molecule has 1 unspecified atom stereocenters. The lowest BCUT2D eigenvalue weighted by molar-refractivity contribution is -0.117. The van der Waals surface area contributed by atoms with Crippen LogP contribution in [0.2, 0.25) is 19.6 Å². The predicted octanol–water partition coefficient (Wildman–Crippen LogP) is 5.74. The van der Waals surface area contributed by atoms with Crippen LogP contribution in [-0.2, 0) is 9.22 Å². The quantitative estimate of drug-likeness (QED) is 0.587. The second kappa shape index (κ2) is 5.79. The predicted molar refractivity (Wildman–Crippen MR) is 105 cm³/mol. The zero-order valence-corrected chi connectivity index (χ0v) is 17.9. The molecule has 4 rings (SSSR count). The second-order valence-electron chi connectivity index (χ2n) is 10.8. The molecule has 0 aromatic carbocycles. The number of fused-ring (bicyclic) bond motifs is 5. The SMILES string of the molecule is C[C@]12CC[C@H]3C(CCC4=CC(=O)CC[C@@]43C)[C@@H]1CC[C@@H]2O[Si](C)(C)C. The van der Waals surface area contributed by atoms with E-state index in [1.165, 1.54) is 37.7 Å². The molecule has 3 heteroatoms. The summed E-state index contributed by atoms with van der Waals surface area (Å²) in [7, 11) is -1.49. The summed E-state index contributed by atoms with van der Waals surface area (Å²) in [6, 6.07) is 0. The molecule has 6 atom stereocenters. The highest BCUT2D eigenvalue weighted by atomic mass is 28.4. The van der Waals surface area contributed by atoms with Crippen LogP contribution in [0, 0.1) is 28.6 Å². The molecule has 4 aliphatic rings. The van der Waals surface area contributed by atoms with Crippen LogP contribution in [0.1, 0.15) is 65.2 Å². The number of rotatable bonds is 2. The molecule has 3 fully saturated rings. The summed E-state index contributed by atoms with van der Waals surface area (Å²) >= 11 is 0. The molecule has 0 spiro atoms. The molecule has 2 nitrogen and oxygen atoms in total. The average molecular weight is 361 g/mol. The number of carbonyl (C=O) groups is 1. The fraction of sp³-hybridized carbons (Fsp3) is 0.864. The molecule has 4 aliphatic carbocycles. The molecule has 0 aliphatic heterocycles. The monoisotopic (exact) mass is 360 g/mol. The molecule has 25 heavy (non-hydrogen) atoms. The van der Waals surface area contributed by atoms with Crippen LogP contribution < -0.4 is 0 Å². The Labute approximate surface area is 154 Å². The van der Waals surface area contributed by atoms with Crippen LogP contribution >= 0.6 is 0 Å². The van der Waals surface area contributed by atoms with Gasteiger partial charge < -0.3 is 4.43 Å². The van der Waals surface area contributed by atoms with E-state index in [1.807, 2.05) is 6.08 Å². The van der Waals surface area contributed by atoms with Crippen LogP contribution in [0.5, 0.6) is 0 Å². The van der Waals surface area contributed by atoms with Crippen molar-refractivity contribution < 1.29 is 9.22 Å². The number of allylic oxidation sites excluding steroid dienone is 1. The number of carbonyl (C=O) groups excluding carboxylic acids is 1. The highest BCUT2D eigenvalue weighted by Gasteiger charge is 2.59. The van der Waals surface area contributed by atoms with Gasteiger partial charge in [0, 0.05) is 6.42 Å². The summed E-state index contributed by atoms with van der Waals surface area (Å²) in [5.74, 6) is 2.85. The molecule has 3 saturated carbocycles. The lowest BCUT2D eigenvalue weighted by Gasteiger charge is -2.58. The normalized spacial score (nSPS) is 46.9. The zero-order chi connectivity index (χ0) is 18.0. The lowest BCUT2D eigenvalue weighted by atomic mass is 9.47. The van der Waals surface area contributed by atoms with E-state index >= 15 is 0 Å². The van der Waals surface area contributed by atoms with E-state index in [0.717, 1.165) is 37.0 Å². The molecule has 0 radical (unpaired) electrons. The van der Waals surface area contributed by atoms with Gasteiger partial charge in [-0.05, 0) is 99.2 Å². The van der Waals surface area contributed by atoms with Gasteiger partial charge in [0.15, 0.2) is 14.1 Å².